The molecule has 7 rings (SSSR count). The van der Waals surface area contributed by atoms with Crippen LogP contribution in [-0.2, 0) is 4.79 Å². The lowest BCUT2D eigenvalue weighted by molar-refractivity contribution is -0.118. The van der Waals surface area contributed by atoms with Crippen LogP contribution in [0.4, 0.5) is 0 Å². The van der Waals surface area contributed by atoms with Crippen molar-refractivity contribution >= 4 is 16.9 Å². The number of nitrogens with zero attached hydrogens (tertiary/aromatic N) is 3. The summed E-state index contributed by atoms with van der Waals surface area (Å²) in [5.41, 5.74) is 7.99. The molecule has 0 radical (unpaired) electrons. The number of carbonyl (C=O) groups excluding carboxylic acids is 1. The molecule has 3 N–H and O–H groups in total. The number of hydrogen-bond donors (Lipinski definition) is 2. The molecule has 2 aliphatic carbocycles. The standard InChI is InChI=1S/C33H49N5O/c1-21-13-14-25-19-27(20-31(21)37(25)26-16-22-7-2-3-8-23(15-22)17-26)38-30-12-5-4-10-28(30)36-33(38)29-11-6-9-24(35-29)18-32(34)39/h4-5,10,12,21-27,29,31,35H,2-3,6-9,11,13-20H2,1H3,(H2,34,39)/t21-,22-,23+,24?,25+,26?,27-,29-,31+/m1/s1. The average molecular weight is 532 g/mol. The van der Waals surface area contributed by atoms with Crippen molar-refractivity contribution in [1.82, 2.24) is 19.8 Å². The Bertz CT molecular complexity index is 1160. The number of benzene rings is 1. The molecule has 4 heterocycles. The Morgan fingerprint density at radius 3 is 2.49 bits per heavy atom. The van der Waals surface area contributed by atoms with E-state index in [0.29, 0.717) is 24.5 Å². The van der Waals surface area contributed by atoms with Gasteiger partial charge < -0.3 is 15.6 Å². The van der Waals surface area contributed by atoms with Gasteiger partial charge in [0, 0.05) is 36.6 Å². The molecule has 39 heavy (non-hydrogen) atoms. The fourth-order valence-electron chi connectivity index (χ4n) is 9.85. The van der Waals surface area contributed by atoms with Gasteiger partial charge in [-0.25, -0.2) is 4.98 Å². The highest BCUT2D eigenvalue weighted by molar-refractivity contribution is 5.76. The first kappa shape index (κ1) is 26.0. The van der Waals surface area contributed by atoms with E-state index in [1.165, 1.54) is 82.0 Å². The number of imidazole rings is 1. The zero-order valence-corrected chi connectivity index (χ0v) is 23.9. The molecule has 4 bridgehead atoms. The van der Waals surface area contributed by atoms with Gasteiger partial charge in [0.2, 0.25) is 5.91 Å². The zero-order chi connectivity index (χ0) is 26.5. The number of carbonyl (C=O) groups is 1. The van der Waals surface area contributed by atoms with E-state index in [1.807, 2.05) is 0 Å². The SMILES string of the molecule is C[C@@H]1CC[C@H]2C[C@@H](n3c([C@H]4CCCC(CC(N)=O)N4)nc4ccccc43)C[C@@H]1N2C1C[C@H]2CCCC[C@@H](C1)C2. The molecule has 212 valence electrons. The maximum Gasteiger partial charge on any atom is 0.218 e. The van der Waals surface area contributed by atoms with Crippen molar-refractivity contribution in [3.63, 3.8) is 0 Å². The molecule has 1 amide bonds. The number of nitrogens with two attached hydrogens (primary N) is 1. The number of aromatic nitrogens is 2. The molecule has 0 spiro atoms. The van der Waals surface area contributed by atoms with Crippen molar-refractivity contribution in [2.24, 2.45) is 23.5 Å². The molecule has 6 nitrogen and oxygen atoms in total. The number of rotatable bonds is 5. The number of piperidine rings is 3. The van der Waals surface area contributed by atoms with E-state index in [-0.39, 0.29) is 18.0 Å². The lowest BCUT2D eigenvalue weighted by atomic mass is 9.71. The smallest absolute Gasteiger partial charge is 0.218 e. The highest BCUT2D eigenvalue weighted by atomic mass is 16.1. The van der Waals surface area contributed by atoms with Crippen molar-refractivity contribution in [3.8, 4) is 0 Å². The number of fused-ring (bicyclic) bond motifs is 5. The van der Waals surface area contributed by atoms with Crippen LogP contribution < -0.4 is 11.1 Å². The molecule has 9 atom stereocenters. The van der Waals surface area contributed by atoms with Crippen molar-refractivity contribution in [2.45, 2.75) is 139 Å². The van der Waals surface area contributed by atoms with Crippen LogP contribution in [0.15, 0.2) is 24.3 Å². The van der Waals surface area contributed by atoms with Crippen LogP contribution in [0, 0.1) is 17.8 Å². The maximum atomic E-state index is 11.7. The Kier molecular flexibility index (Phi) is 7.21. The summed E-state index contributed by atoms with van der Waals surface area (Å²) in [6.07, 6.45) is 19.1. The monoisotopic (exact) mass is 531 g/mol. The van der Waals surface area contributed by atoms with Crippen molar-refractivity contribution < 1.29 is 4.79 Å². The van der Waals surface area contributed by atoms with E-state index in [2.05, 4.69) is 46.0 Å². The molecule has 3 aliphatic heterocycles. The quantitative estimate of drug-likeness (QED) is 0.478. The van der Waals surface area contributed by atoms with Gasteiger partial charge in [-0.1, -0.05) is 44.7 Å². The van der Waals surface area contributed by atoms with Crippen LogP contribution in [-0.4, -0.2) is 44.5 Å². The second-order valence-electron chi connectivity index (χ2n) is 14.1. The fraction of sp³-hybridized carbons (Fsp3) is 0.758. The molecule has 2 saturated carbocycles. The van der Waals surface area contributed by atoms with Crippen molar-refractivity contribution in [1.29, 1.82) is 0 Å². The van der Waals surface area contributed by atoms with Crippen LogP contribution in [0.2, 0.25) is 0 Å². The van der Waals surface area contributed by atoms with E-state index in [4.69, 9.17) is 10.7 Å². The van der Waals surface area contributed by atoms with E-state index < -0.39 is 0 Å². The molecule has 2 unspecified atom stereocenters. The predicted octanol–water partition coefficient (Wildman–Crippen LogP) is 6.26. The van der Waals surface area contributed by atoms with Gasteiger partial charge in [-0.2, -0.15) is 0 Å². The minimum Gasteiger partial charge on any atom is -0.370 e. The first-order chi connectivity index (χ1) is 19.0. The first-order valence-electron chi connectivity index (χ1n) is 16.3. The van der Waals surface area contributed by atoms with Crippen molar-refractivity contribution in [3.05, 3.63) is 30.1 Å². The summed E-state index contributed by atoms with van der Waals surface area (Å²) in [6.45, 7) is 2.54. The normalized spacial score (nSPS) is 39.4. The van der Waals surface area contributed by atoms with E-state index in [1.54, 1.807) is 0 Å². The molecule has 5 aliphatic rings. The Morgan fingerprint density at radius 1 is 0.897 bits per heavy atom. The molecular formula is C33H49N5O. The Hall–Kier alpha value is -1.92. The van der Waals surface area contributed by atoms with Gasteiger partial charge in [0.1, 0.15) is 5.82 Å². The Morgan fingerprint density at radius 2 is 1.69 bits per heavy atom. The van der Waals surface area contributed by atoms with Crippen LogP contribution in [0.1, 0.15) is 121 Å². The van der Waals surface area contributed by atoms with E-state index in [9.17, 15) is 4.79 Å². The minimum absolute atomic E-state index is 0.158. The Labute approximate surface area is 234 Å². The maximum absolute atomic E-state index is 11.7. The zero-order valence-electron chi connectivity index (χ0n) is 23.9. The number of nitrogens with one attached hydrogen (secondary N) is 1. The third-order valence-electron chi connectivity index (χ3n) is 11.5. The number of primary amides is 1. The van der Waals surface area contributed by atoms with Gasteiger partial charge >= 0.3 is 0 Å². The largest absolute Gasteiger partial charge is 0.370 e. The Balaban J connectivity index is 1.19. The summed E-state index contributed by atoms with van der Waals surface area (Å²) in [5, 5.41) is 3.80. The molecule has 2 aromatic rings. The summed E-state index contributed by atoms with van der Waals surface area (Å²) in [5.74, 6) is 3.69. The van der Waals surface area contributed by atoms with Gasteiger partial charge in [-0.3, -0.25) is 9.69 Å². The summed E-state index contributed by atoms with van der Waals surface area (Å²) in [4.78, 5) is 20.1. The molecule has 3 saturated heterocycles. The van der Waals surface area contributed by atoms with Crippen LogP contribution in [0.3, 0.4) is 0 Å². The third-order valence-corrected chi connectivity index (χ3v) is 11.5. The van der Waals surface area contributed by atoms with Crippen molar-refractivity contribution in [2.75, 3.05) is 0 Å². The van der Waals surface area contributed by atoms with Crippen LogP contribution in [0.25, 0.3) is 11.0 Å². The van der Waals surface area contributed by atoms with Gasteiger partial charge in [0.15, 0.2) is 0 Å². The number of para-hydroxylation sites is 2. The first-order valence-corrected chi connectivity index (χ1v) is 16.3. The lowest BCUT2D eigenvalue weighted by Crippen LogP contribution is -2.60. The predicted molar refractivity (Wildman–Crippen MR) is 156 cm³/mol. The summed E-state index contributed by atoms with van der Waals surface area (Å²) in [7, 11) is 0. The number of amides is 1. The third kappa shape index (κ3) is 5.05. The summed E-state index contributed by atoms with van der Waals surface area (Å²) in [6, 6.07) is 11.8. The topological polar surface area (TPSA) is 76.2 Å². The molecule has 5 fully saturated rings. The van der Waals surface area contributed by atoms with Crippen LogP contribution >= 0.6 is 0 Å². The second kappa shape index (κ2) is 10.8. The van der Waals surface area contributed by atoms with Gasteiger partial charge in [0.25, 0.3) is 0 Å². The second-order valence-corrected chi connectivity index (χ2v) is 14.1. The molecule has 1 aromatic carbocycles. The summed E-state index contributed by atoms with van der Waals surface area (Å²) < 4.78 is 2.65. The van der Waals surface area contributed by atoms with Gasteiger partial charge in [-0.15, -0.1) is 0 Å². The summed E-state index contributed by atoms with van der Waals surface area (Å²) >= 11 is 0. The fourth-order valence-corrected chi connectivity index (χ4v) is 9.85. The molecule has 6 heteroatoms. The van der Waals surface area contributed by atoms with Gasteiger partial charge in [0.05, 0.1) is 17.1 Å². The molecule has 1 aromatic heterocycles. The minimum atomic E-state index is -0.210. The molecular weight excluding hydrogens is 482 g/mol. The highest BCUT2D eigenvalue weighted by Crippen LogP contribution is 2.49. The average Bonchev–Trinajstić information content (AvgIpc) is 3.23. The van der Waals surface area contributed by atoms with E-state index >= 15 is 0 Å². The lowest BCUT2D eigenvalue weighted by Gasteiger charge is -2.56. The highest BCUT2D eigenvalue weighted by Gasteiger charge is 2.47. The van der Waals surface area contributed by atoms with Gasteiger partial charge in [-0.05, 0) is 94.1 Å². The number of hydrogen-bond acceptors (Lipinski definition) is 4. The van der Waals surface area contributed by atoms with E-state index in [0.717, 1.165) is 48.6 Å². The van der Waals surface area contributed by atoms with Crippen LogP contribution in [0.5, 0.6) is 0 Å².